The number of nitrogens with zero attached hydrogens (tertiary/aromatic N) is 1. The molecule has 3 nitrogen and oxygen atoms in total. The largest absolute Gasteiger partial charge is 0.398 e. The average molecular weight is 257 g/mol. The van der Waals surface area contributed by atoms with Crippen LogP contribution in [0.25, 0.3) is 0 Å². The summed E-state index contributed by atoms with van der Waals surface area (Å²) in [5, 5.41) is 9.75. The van der Waals surface area contributed by atoms with E-state index in [-0.39, 0.29) is 6.61 Å². The Morgan fingerprint density at radius 1 is 1.35 bits per heavy atom. The van der Waals surface area contributed by atoms with Crippen molar-refractivity contribution in [1.82, 2.24) is 4.90 Å². The molecule has 0 spiro atoms. The second-order valence-electron chi connectivity index (χ2n) is 4.16. The van der Waals surface area contributed by atoms with Crippen LogP contribution in [-0.4, -0.2) is 29.7 Å². The molecule has 0 bridgehead atoms. The fourth-order valence-corrected chi connectivity index (χ4v) is 2.00. The van der Waals surface area contributed by atoms with E-state index in [1.165, 1.54) is 0 Å². The van der Waals surface area contributed by atoms with E-state index < -0.39 is 0 Å². The molecule has 3 N–H and O–H groups in total. The molecular weight excluding hydrogens is 236 g/mol. The van der Waals surface area contributed by atoms with Gasteiger partial charge in [-0.25, -0.2) is 0 Å². The SMILES string of the molecule is CCCCN(CCO)Cc1c(N)cccc1Cl. The Labute approximate surface area is 108 Å². The number of unbranched alkanes of at least 4 members (excludes halogenated alkanes) is 1. The summed E-state index contributed by atoms with van der Waals surface area (Å²) in [5.74, 6) is 0. The van der Waals surface area contributed by atoms with Gasteiger partial charge in [0.1, 0.15) is 0 Å². The third kappa shape index (κ3) is 4.54. The van der Waals surface area contributed by atoms with Crippen molar-refractivity contribution in [3.05, 3.63) is 28.8 Å². The highest BCUT2D eigenvalue weighted by Gasteiger charge is 2.10. The van der Waals surface area contributed by atoms with E-state index in [9.17, 15) is 0 Å². The number of halogens is 1. The van der Waals surface area contributed by atoms with Gasteiger partial charge in [-0.15, -0.1) is 0 Å². The first-order valence-corrected chi connectivity index (χ1v) is 6.43. The van der Waals surface area contributed by atoms with Crippen LogP contribution in [0.2, 0.25) is 5.02 Å². The monoisotopic (exact) mass is 256 g/mol. The molecule has 1 aromatic carbocycles. The number of nitrogens with two attached hydrogens (primary N) is 1. The Kier molecular flexibility index (Phi) is 6.34. The summed E-state index contributed by atoms with van der Waals surface area (Å²) >= 11 is 6.14. The predicted octanol–water partition coefficient (Wildman–Crippen LogP) is 2.52. The maximum absolute atomic E-state index is 9.05. The quantitative estimate of drug-likeness (QED) is 0.737. The van der Waals surface area contributed by atoms with Crippen molar-refractivity contribution < 1.29 is 5.11 Å². The zero-order valence-corrected chi connectivity index (χ0v) is 11.1. The van der Waals surface area contributed by atoms with Gasteiger partial charge in [0.05, 0.1) is 6.61 Å². The Morgan fingerprint density at radius 3 is 2.71 bits per heavy atom. The molecule has 0 heterocycles. The highest BCUT2D eigenvalue weighted by Crippen LogP contribution is 2.23. The van der Waals surface area contributed by atoms with Crippen LogP contribution < -0.4 is 5.73 Å². The first kappa shape index (κ1) is 14.3. The van der Waals surface area contributed by atoms with Gasteiger partial charge in [-0.3, -0.25) is 4.90 Å². The summed E-state index contributed by atoms with van der Waals surface area (Å²) in [6.45, 7) is 4.63. The summed E-state index contributed by atoms with van der Waals surface area (Å²) in [6.07, 6.45) is 2.25. The van der Waals surface area contributed by atoms with Crippen molar-refractivity contribution in [2.45, 2.75) is 26.3 Å². The predicted molar refractivity (Wildman–Crippen MR) is 73.1 cm³/mol. The second kappa shape index (κ2) is 7.54. The third-order valence-electron chi connectivity index (χ3n) is 2.78. The van der Waals surface area contributed by atoms with Crippen molar-refractivity contribution in [2.75, 3.05) is 25.4 Å². The van der Waals surface area contributed by atoms with Crippen molar-refractivity contribution in [3.63, 3.8) is 0 Å². The van der Waals surface area contributed by atoms with E-state index >= 15 is 0 Å². The van der Waals surface area contributed by atoms with Gasteiger partial charge >= 0.3 is 0 Å². The van der Waals surface area contributed by atoms with Gasteiger partial charge < -0.3 is 10.8 Å². The van der Waals surface area contributed by atoms with Crippen LogP contribution in [0.4, 0.5) is 5.69 Å². The number of benzene rings is 1. The number of hydrogen-bond donors (Lipinski definition) is 2. The molecule has 0 amide bonds. The molecule has 1 aromatic rings. The van der Waals surface area contributed by atoms with Crippen LogP contribution in [-0.2, 0) is 6.54 Å². The van der Waals surface area contributed by atoms with Gasteiger partial charge in [0.15, 0.2) is 0 Å². The van der Waals surface area contributed by atoms with E-state index in [2.05, 4.69) is 11.8 Å². The molecule has 0 aliphatic heterocycles. The van der Waals surface area contributed by atoms with E-state index in [1.54, 1.807) is 0 Å². The number of aliphatic hydroxyl groups is 1. The summed E-state index contributed by atoms with van der Waals surface area (Å²) in [6, 6.07) is 5.56. The molecule has 0 aromatic heterocycles. The van der Waals surface area contributed by atoms with Crippen LogP contribution in [0.15, 0.2) is 18.2 Å². The van der Waals surface area contributed by atoms with Gasteiger partial charge in [0.25, 0.3) is 0 Å². The minimum atomic E-state index is 0.161. The number of anilines is 1. The summed E-state index contributed by atoms with van der Waals surface area (Å²) in [7, 11) is 0. The molecule has 17 heavy (non-hydrogen) atoms. The third-order valence-corrected chi connectivity index (χ3v) is 3.14. The molecule has 0 unspecified atom stereocenters. The highest BCUT2D eigenvalue weighted by molar-refractivity contribution is 6.31. The number of nitrogen functional groups attached to an aromatic ring is 1. The van der Waals surface area contributed by atoms with Crippen molar-refractivity contribution >= 4 is 17.3 Å². The standard InChI is InChI=1S/C13H21ClN2O/c1-2-3-7-16(8-9-17)10-11-12(14)5-4-6-13(11)15/h4-6,17H,2-3,7-10,15H2,1H3. The fourth-order valence-electron chi connectivity index (χ4n) is 1.76. The Morgan fingerprint density at radius 2 is 2.12 bits per heavy atom. The highest BCUT2D eigenvalue weighted by atomic mass is 35.5. The minimum absolute atomic E-state index is 0.161. The Balaban J connectivity index is 2.70. The molecule has 0 aliphatic carbocycles. The van der Waals surface area contributed by atoms with Crippen LogP contribution in [0, 0.1) is 0 Å². The second-order valence-corrected chi connectivity index (χ2v) is 4.57. The lowest BCUT2D eigenvalue weighted by atomic mass is 10.1. The molecule has 4 heteroatoms. The molecule has 0 saturated heterocycles. The van der Waals surface area contributed by atoms with E-state index in [4.69, 9.17) is 22.4 Å². The normalized spacial score (nSPS) is 11.1. The van der Waals surface area contributed by atoms with Crippen molar-refractivity contribution in [3.8, 4) is 0 Å². The van der Waals surface area contributed by atoms with Gasteiger partial charge in [0.2, 0.25) is 0 Å². The lowest BCUT2D eigenvalue weighted by Crippen LogP contribution is -2.28. The number of aliphatic hydroxyl groups excluding tert-OH is 1. The van der Waals surface area contributed by atoms with Gasteiger partial charge in [-0.05, 0) is 25.1 Å². The Hall–Kier alpha value is -0.770. The molecule has 0 saturated carbocycles. The van der Waals surface area contributed by atoms with E-state index in [0.717, 1.165) is 30.6 Å². The number of rotatable bonds is 7. The maximum atomic E-state index is 9.05. The van der Waals surface area contributed by atoms with E-state index in [1.807, 2.05) is 18.2 Å². The van der Waals surface area contributed by atoms with E-state index in [0.29, 0.717) is 18.1 Å². The first-order chi connectivity index (χ1) is 8.19. The fraction of sp³-hybridized carbons (Fsp3) is 0.538. The van der Waals surface area contributed by atoms with Crippen LogP contribution in [0.5, 0.6) is 0 Å². The molecule has 0 atom stereocenters. The van der Waals surface area contributed by atoms with Crippen LogP contribution in [0.3, 0.4) is 0 Å². The molecule has 0 radical (unpaired) electrons. The van der Waals surface area contributed by atoms with Gasteiger partial charge in [-0.1, -0.05) is 31.0 Å². The summed E-state index contributed by atoms with van der Waals surface area (Å²) in [4.78, 5) is 2.18. The van der Waals surface area contributed by atoms with Gasteiger partial charge in [-0.2, -0.15) is 0 Å². The van der Waals surface area contributed by atoms with Crippen LogP contribution >= 0.6 is 11.6 Å². The summed E-state index contributed by atoms with van der Waals surface area (Å²) < 4.78 is 0. The average Bonchev–Trinajstić information content (AvgIpc) is 2.31. The van der Waals surface area contributed by atoms with Crippen LogP contribution in [0.1, 0.15) is 25.3 Å². The zero-order chi connectivity index (χ0) is 12.7. The molecule has 0 fully saturated rings. The minimum Gasteiger partial charge on any atom is -0.398 e. The zero-order valence-electron chi connectivity index (χ0n) is 10.3. The first-order valence-electron chi connectivity index (χ1n) is 6.05. The number of hydrogen-bond acceptors (Lipinski definition) is 3. The van der Waals surface area contributed by atoms with Crippen molar-refractivity contribution in [1.29, 1.82) is 0 Å². The smallest absolute Gasteiger partial charge is 0.0558 e. The Bertz CT molecular complexity index is 324. The molecule has 0 aliphatic rings. The molecule has 1 rings (SSSR count). The van der Waals surface area contributed by atoms with Gasteiger partial charge in [0, 0.05) is 29.4 Å². The molecular formula is C13H21ClN2O. The summed E-state index contributed by atoms with van der Waals surface area (Å²) in [5.41, 5.74) is 7.60. The topological polar surface area (TPSA) is 49.5 Å². The molecule has 96 valence electrons. The maximum Gasteiger partial charge on any atom is 0.0558 e. The lowest BCUT2D eigenvalue weighted by molar-refractivity contribution is 0.188. The lowest BCUT2D eigenvalue weighted by Gasteiger charge is -2.22. The van der Waals surface area contributed by atoms with Crippen molar-refractivity contribution in [2.24, 2.45) is 0 Å².